The summed E-state index contributed by atoms with van der Waals surface area (Å²) < 4.78 is 0. The van der Waals surface area contributed by atoms with E-state index in [1.807, 2.05) is 6.07 Å². The van der Waals surface area contributed by atoms with Crippen molar-refractivity contribution in [2.45, 2.75) is 45.2 Å². The molecule has 1 unspecified atom stereocenters. The third-order valence-electron chi connectivity index (χ3n) is 6.33. The first kappa shape index (κ1) is 18.2. The molecule has 142 valence electrons. The van der Waals surface area contributed by atoms with Gasteiger partial charge in [-0.25, -0.2) is 0 Å². The Morgan fingerprint density at radius 1 is 0.963 bits per heavy atom. The van der Waals surface area contributed by atoms with Gasteiger partial charge >= 0.3 is 0 Å². The van der Waals surface area contributed by atoms with E-state index in [1.54, 1.807) is 0 Å². The van der Waals surface area contributed by atoms with Crippen LogP contribution in [0.2, 0.25) is 0 Å². The van der Waals surface area contributed by atoms with E-state index in [4.69, 9.17) is 0 Å². The van der Waals surface area contributed by atoms with Crippen molar-refractivity contribution in [3.05, 3.63) is 71.3 Å². The number of hydrogen-bond donors (Lipinski definition) is 0. The molecule has 1 saturated heterocycles. The minimum Gasteiger partial charge on any atom is -0.338 e. The highest BCUT2D eigenvalue weighted by Gasteiger charge is 2.30. The van der Waals surface area contributed by atoms with Crippen molar-refractivity contribution < 1.29 is 4.79 Å². The summed E-state index contributed by atoms with van der Waals surface area (Å²) in [5.41, 5.74) is 3.94. The summed E-state index contributed by atoms with van der Waals surface area (Å²) >= 11 is 0. The van der Waals surface area contributed by atoms with Crippen LogP contribution in [0.25, 0.3) is 0 Å². The molecule has 1 fully saturated rings. The van der Waals surface area contributed by atoms with Crippen molar-refractivity contribution in [2.24, 2.45) is 5.92 Å². The van der Waals surface area contributed by atoms with E-state index in [0.29, 0.717) is 5.91 Å². The second-order valence-electron chi connectivity index (χ2n) is 8.17. The zero-order chi connectivity index (χ0) is 18.6. The van der Waals surface area contributed by atoms with Crippen molar-refractivity contribution in [2.75, 3.05) is 19.6 Å². The lowest BCUT2D eigenvalue weighted by atomic mass is 9.89. The molecule has 4 rings (SSSR count). The Bertz CT molecular complexity index is 765. The summed E-state index contributed by atoms with van der Waals surface area (Å²) in [6, 6.07) is 19.2. The average molecular weight is 363 g/mol. The van der Waals surface area contributed by atoms with E-state index in [-0.39, 0.29) is 5.92 Å². The highest BCUT2D eigenvalue weighted by molar-refractivity contribution is 5.85. The second kappa shape index (κ2) is 8.26. The van der Waals surface area contributed by atoms with E-state index >= 15 is 0 Å². The van der Waals surface area contributed by atoms with Crippen LogP contribution in [-0.2, 0) is 17.9 Å². The molecule has 0 saturated carbocycles. The van der Waals surface area contributed by atoms with Crippen molar-refractivity contribution in [3.63, 3.8) is 0 Å². The molecular weight excluding hydrogens is 332 g/mol. The van der Waals surface area contributed by atoms with Crippen molar-refractivity contribution in [1.29, 1.82) is 0 Å². The highest BCUT2D eigenvalue weighted by Crippen LogP contribution is 2.30. The van der Waals surface area contributed by atoms with Crippen LogP contribution in [0.4, 0.5) is 0 Å². The van der Waals surface area contributed by atoms with Gasteiger partial charge in [-0.15, -0.1) is 0 Å². The van der Waals surface area contributed by atoms with Crippen LogP contribution < -0.4 is 0 Å². The lowest BCUT2D eigenvalue weighted by Crippen LogP contribution is -2.40. The zero-order valence-corrected chi connectivity index (χ0v) is 16.3. The third kappa shape index (κ3) is 4.24. The van der Waals surface area contributed by atoms with Crippen molar-refractivity contribution in [3.8, 4) is 0 Å². The third-order valence-corrected chi connectivity index (χ3v) is 6.33. The molecule has 2 aromatic rings. The van der Waals surface area contributed by atoms with Gasteiger partial charge in [-0.05, 0) is 61.9 Å². The van der Waals surface area contributed by atoms with Crippen LogP contribution in [0.15, 0.2) is 54.6 Å². The molecule has 3 nitrogen and oxygen atoms in total. The van der Waals surface area contributed by atoms with Crippen LogP contribution in [0.1, 0.15) is 48.8 Å². The Labute approximate surface area is 163 Å². The monoisotopic (exact) mass is 362 g/mol. The van der Waals surface area contributed by atoms with E-state index in [2.05, 4.69) is 65.3 Å². The summed E-state index contributed by atoms with van der Waals surface area (Å²) in [5, 5.41) is 0. The molecule has 0 aliphatic carbocycles. The van der Waals surface area contributed by atoms with Gasteiger partial charge in [0.15, 0.2) is 0 Å². The number of fused-ring (bicyclic) bond motifs is 1. The smallest absolute Gasteiger partial charge is 0.230 e. The van der Waals surface area contributed by atoms with Gasteiger partial charge in [0.25, 0.3) is 0 Å². The van der Waals surface area contributed by atoms with Crippen molar-refractivity contribution in [1.82, 2.24) is 9.80 Å². The summed E-state index contributed by atoms with van der Waals surface area (Å²) in [6.45, 7) is 7.15. The van der Waals surface area contributed by atoms with E-state index in [9.17, 15) is 4.79 Å². The Morgan fingerprint density at radius 2 is 1.67 bits per heavy atom. The van der Waals surface area contributed by atoms with Crippen LogP contribution in [0, 0.1) is 5.92 Å². The Morgan fingerprint density at radius 3 is 2.44 bits per heavy atom. The fourth-order valence-electron chi connectivity index (χ4n) is 4.59. The first-order valence-corrected chi connectivity index (χ1v) is 10.3. The van der Waals surface area contributed by atoms with Gasteiger partial charge in [0.1, 0.15) is 0 Å². The molecule has 2 aromatic carbocycles. The van der Waals surface area contributed by atoms with E-state index < -0.39 is 0 Å². The zero-order valence-electron chi connectivity index (χ0n) is 16.3. The molecule has 2 heterocycles. The standard InChI is InChI=1S/C24H30N2O/c1-19-23-10-6-5-9-22(23)18-26(24(19)27)16-13-20-11-14-25(15-12-20)17-21-7-3-2-4-8-21/h2-10,19-20H,11-18H2,1H3. The largest absolute Gasteiger partial charge is 0.338 e. The van der Waals surface area contributed by atoms with Gasteiger partial charge in [-0.3, -0.25) is 9.69 Å². The predicted octanol–water partition coefficient (Wildman–Crippen LogP) is 4.43. The maximum atomic E-state index is 12.7. The highest BCUT2D eigenvalue weighted by atomic mass is 16.2. The maximum Gasteiger partial charge on any atom is 0.230 e. The van der Waals surface area contributed by atoms with Gasteiger partial charge in [0.2, 0.25) is 5.91 Å². The molecule has 2 aliphatic heterocycles. The Hall–Kier alpha value is -2.13. The molecule has 0 radical (unpaired) electrons. The fraction of sp³-hybridized carbons (Fsp3) is 0.458. The number of benzene rings is 2. The van der Waals surface area contributed by atoms with Gasteiger partial charge < -0.3 is 4.90 Å². The molecule has 2 aliphatic rings. The van der Waals surface area contributed by atoms with Gasteiger partial charge in [0, 0.05) is 19.6 Å². The number of hydrogen-bond acceptors (Lipinski definition) is 2. The molecule has 0 aromatic heterocycles. The molecule has 0 N–H and O–H groups in total. The molecule has 27 heavy (non-hydrogen) atoms. The summed E-state index contributed by atoms with van der Waals surface area (Å²) in [4.78, 5) is 17.4. The molecule has 0 bridgehead atoms. The molecule has 1 amide bonds. The predicted molar refractivity (Wildman–Crippen MR) is 109 cm³/mol. The molecule has 1 atom stereocenters. The van der Waals surface area contributed by atoms with E-state index in [1.165, 1.54) is 42.6 Å². The average Bonchev–Trinajstić information content (AvgIpc) is 2.71. The Balaban J connectivity index is 1.26. The minimum atomic E-state index is 0.00247. The van der Waals surface area contributed by atoms with Gasteiger partial charge in [-0.1, -0.05) is 54.6 Å². The van der Waals surface area contributed by atoms with Crippen LogP contribution >= 0.6 is 0 Å². The minimum absolute atomic E-state index is 0.00247. The van der Waals surface area contributed by atoms with Gasteiger partial charge in [-0.2, -0.15) is 0 Å². The number of carbonyl (C=O) groups excluding carboxylic acids is 1. The lowest BCUT2D eigenvalue weighted by Gasteiger charge is -2.36. The summed E-state index contributed by atoms with van der Waals surface area (Å²) in [7, 11) is 0. The lowest BCUT2D eigenvalue weighted by molar-refractivity contribution is -0.134. The first-order chi connectivity index (χ1) is 13.2. The second-order valence-corrected chi connectivity index (χ2v) is 8.17. The number of rotatable bonds is 5. The topological polar surface area (TPSA) is 23.6 Å². The maximum absolute atomic E-state index is 12.7. The van der Waals surface area contributed by atoms with Crippen molar-refractivity contribution >= 4 is 5.91 Å². The first-order valence-electron chi connectivity index (χ1n) is 10.3. The molecule has 0 spiro atoms. The SMILES string of the molecule is CC1C(=O)N(CCC2CCN(Cc3ccccc3)CC2)Cc2ccccc21. The Kier molecular flexibility index (Phi) is 5.58. The van der Waals surface area contributed by atoms with E-state index in [0.717, 1.165) is 32.0 Å². The van der Waals surface area contributed by atoms with Gasteiger partial charge in [0.05, 0.1) is 5.92 Å². The molecular formula is C24H30N2O. The fourth-order valence-corrected chi connectivity index (χ4v) is 4.59. The number of carbonyl (C=O) groups is 1. The quantitative estimate of drug-likeness (QED) is 0.785. The van der Waals surface area contributed by atoms with Crippen LogP contribution in [0.5, 0.6) is 0 Å². The number of likely N-dealkylation sites (tertiary alicyclic amines) is 1. The summed E-state index contributed by atoms with van der Waals surface area (Å²) in [5.74, 6) is 1.05. The number of piperidine rings is 1. The van der Waals surface area contributed by atoms with Crippen LogP contribution in [0.3, 0.4) is 0 Å². The number of amides is 1. The molecule has 3 heteroatoms. The normalized spacial score (nSPS) is 21.3. The number of nitrogens with zero attached hydrogens (tertiary/aromatic N) is 2. The van der Waals surface area contributed by atoms with Crippen LogP contribution in [-0.4, -0.2) is 35.3 Å². The summed E-state index contributed by atoms with van der Waals surface area (Å²) in [6.07, 6.45) is 3.64.